The van der Waals surface area contributed by atoms with Crippen molar-refractivity contribution in [1.29, 1.82) is 0 Å². The number of carbonyl (C=O) groups excluding carboxylic acids is 1. The summed E-state index contributed by atoms with van der Waals surface area (Å²) in [7, 11) is 0. The maximum absolute atomic E-state index is 12.6. The third-order valence-corrected chi connectivity index (χ3v) is 3.86. The molecule has 0 saturated heterocycles. The van der Waals surface area contributed by atoms with Crippen molar-refractivity contribution in [3.63, 3.8) is 0 Å². The van der Waals surface area contributed by atoms with Crippen LogP contribution in [0.5, 0.6) is 11.5 Å². The summed E-state index contributed by atoms with van der Waals surface area (Å²) in [6, 6.07) is 24.3. The maximum Gasteiger partial charge on any atom is 0.196 e. The summed E-state index contributed by atoms with van der Waals surface area (Å²) < 4.78 is 6.99. The molecule has 3 aromatic carbocycles. The molecule has 0 atom stereocenters. The second kappa shape index (κ2) is 6.75. The highest BCUT2D eigenvalue weighted by Crippen LogP contribution is 2.27. The van der Waals surface area contributed by atoms with Crippen molar-refractivity contribution in [1.82, 2.24) is 0 Å². The SMILES string of the molecule is O=C(c1ccccc1)c1ccccc1Oc1cccc(I)c1. The van der Waals surface area contributed by atoms with Crippen LogP contribution in [0.15, 0.2) is 78.9 Å². The van der Waals surface area contributed by atoms with Crippen LogP contribution in [-0.2, 0) is 0 Å². The van der Waals surface area contributed by atoms with Crippen LogP contribution >= 0.6 is 22.6 Å². The standard InChI is InChI=1S/C19H13IO2/c20-15-9-6-10-16(13-15)22-18-12-5-4-11-17(18)19(21)14-7-2-1-3-8-14/h1-13H. The molecule has 0 aliphatic carbocycles. The zero-order chi connectivity index (χ0) is 15.4. The highest BCUT2D eigenvalue weighted by molar-refractivity contribution is 14.1. The molecule has 0 amide bonds. The fraction of sp³-hybridized carbons (Fsp3) is 0. The van der Waals surface area contributed by atoms with Crippen LogP contribution in [0.3, 0.4) is 0 Å². The second-order valence-corrected chi connectivity index (χ2v) is 6.00. The molecule has 0 saturated carbocycles. The average Bonchev–Trinajstić information content (AvgIpc) is 2.56. The number of rotatable bonds is 4. The largest absolute Gasteiger partial charge is 0.457 e. The number of hydrogen-bond acceptors (Lipinski definition) is 2. The fourth-order valence-electron chi connectivity index (χ4n) is 2.15. The van der Waals surface area contributed by atoms with Gasteiger partial charge in [0.25, 0.3) is 0 Å². The van der Waals surface area contributed by atoms with Gasteiger partial charge in [-0.3, -0.25) is 4.79 Å². The van der Waals surface area contributed by atoms with E-state index in [0.717, 1.165) is 9.32 Å². The highest BCUT2D eigenvalue weighted by atomic mass is 127. The van der Waals surface area contributed by atoms with Crippen LogP contribution in [0, 0.1) is 3.57 Å². The number of para-hydroxylation sites is 1. The minimum Gasteiger partial charge on any atom is -0.457 e. The molecule has 108 valence electrons. The maximum atomic E-state index is 12.6. The Morgan fingerprint density at radius 3 is 2.32 bits per heavy atom. The molecule has 3 aromatic rings. The number of ketones is 1. The van der Waals surface area contributed by atoms with E-state index < -0.39 is 0 Å². The van der Waals surface area contributed by atoms with Gasteiger partial charge in [0, 0.05) is 9.13 Å². The van der Waals surface area contributed by atoms with Gasteiger partial charge < -0.3 is 4.74 Å². The molecule has 0 aliphatic rings. The van der Waals surface area contributed by atoms with Gasteiger partial charge in [0.15, 0.2) is 5.78 Å². The summed E-state index contributed by atoms with van der Waals surface area (Å²) in [5.41, 5.74) is 1.22. The summed E-state index contributed by atoms with van der Waals surface area (Å²) in [4.78, 5) is 12.6. The monoisotopic (exact) mass is 400 g/mol. The van der Waals surface area contributed by atoms with E-state index in [4.69, 9.17) is 4.74 Å². The van der Waals surface area contributed by atoms with Crippen molar-refractivity contribution in [3.8, 4) is 11.5 Å². The lowest BCUT2D eigenvalue weighted by Crippen LogP contribution is -2.03. The molecule has 0 spiro atoms. The van der Waals surface area contributed by atoms with Gasteiger partial charge in [-0.25, -0.2) is 0 Å². The zero-order valence-electron chi connectivity index (χ0n) is 11.7. The van der Waals surface area contributed by atoms with E-state index in [1.165, 1.54) is 0 Å². The Morgan fingerprint density at radius 1 is 0.818 bits per heavy atom. The van der Waals surface area contributed by atoms with Crippen LogP contribution in [0.25, 0.3) is 0 Å². The number of benzene rings is 3. The average molecular weight is 400 g/mol. The van der Waals surface area contributed by atoms with E-state index in [2.05, 4.69) is 22.6 Å². The summed E-state index contributed by atoms with van der Waals surface area (Å²) in [6.45, 7) is 0. The molecule has 22 heavy (non-hydrogen) atoms. The van der Waals surface area contributed by atoms with Crippen molar-refractivity contribution in [3.05, 3.63) is 93.6 Å². The normalized spacial score (nSPS) is 10.2. The first kappa shape index (κ1) is 14.8. The molecule has 3 heteroatoms. The van der Waals surface area contributed by atoms with E-state index in [1.807, 2.05) is 72.8 Å². The van der Waals surface area contributed by atoms with Crippen molar-refractivity contribution >= 4 is 28.4 Å². The van der Waals surface area contributed by atoms with Crippen LogP contribution in [0.4, 0.5) is 0 Å². The zero-order valence-corrected chi connectivity index (χ0v) is 13.9. The van der Waals surface area contributed by atoms with Crippen LogP contribution in [-0.4, -0.2) is 5.78 Å². The van der Waals surface area contributed by atoms with Gasteiger partial charge in [-0.15, -0.1) is 0 Å². The van der Waals surface area contributed by atoms with E-state index in [-0.39, 0.29) is 5.78 Å². The minimum atomic E-state index is -0.0400. The van der Waals surface area contributed by atoms with Gasteiger partial charge >= 0.3 is 0 Å². The number of ether oxygens (including phenoxy) is 1. The lowest BCUT2D eigenvalue weighted by molar-refractivity contribution is 0.103. The van der Waals surface area contributed by atoms with E-state index >= 15 is 0 Å². The Kier molecular flexibility index (Phi) is 4.53. The molecular weight excluding hydrogens is 387 g/mol. The fourth-order valence-corrected chi connectivity index (χ4v) is 2.66. The van der Waals surface area contributed by atoms with Gasteiger partial charge in [-0.05, 0) is 52.9 Å². The molecule has 3 rings (SSSR count). The topological polar surface area (TPSA) is 26.3 Å². The second-order valence-electron chi connectivity index (χ2n) is 4.75. The van der Waals surface area contributed by atoms with Crippen molar-refractivity contribution in [2.75, 3.05) is 0 Å². The first-order valence-corrected chi connectivity index (χ1v) is 7.94. The number of hydrogen-bond donors (Lipinski definition) is 0. The Labute approximate surface area is 142 Å². The molecule has 0 radical (unpaired) electrons. The Balaban J connectivity index is 1.95. The molecule has 0 unspecified atom stereocenters. The third-order valence-electron chi connectivity index (χ3n) is 3.19. The lowest BCUT2D eigenvalue weighted by atomic mass is 10.0. The summed E-state index contributed by atoms with van der Waals surface area (Å²) in [5.74, 6) is 1.25. The van der Waals surface area contributed by atoms with E-state index in [1.54, 1.807) is 6.07 Å². The highest BCUT2D eigenvalue weighted by Gasteiger charge is 2.14. The van der Waals surface area contributed by atoms with Crippen molar-refractivity contribution < 1.29 is 9.53 Å². The van der Waals surface area contributed by atoms with Gasteiger partial charge in [0.2, 0.25) is 0 Å². The summed E-state index contributed by atoms with van der Waals surface area (Å²) >= 11 is 2.23. The molecule has 0 aliphatic heterocycles. The van der Waals surface area contributed by atoms with Crippen LogP contribution in [0.2, 0.25) is 0 Å². The number of carbonyl (C=O) groups is 1. The molecule has 0 N–H and O–H groups in total. The Bertz CT molecular complexity index is 797. The van der Waals surface area contributed by atoms with E-state index in [9.17, 15) is 4.79 Å². The van der Waals surface area contributed by atoms with Gasteiger partial charge in [0.1, 0.15) is 11.5 Å². The summed E-state index contributed by atoms with van der Waals surface area (Å²) in [6.07, 6.45) is 0. The molecule has 0 heterocycles. The molecular formula is C19H13IO2. The van der Waals surface area contributed by atoms with Gasteiger partial charge in [-0.2, -0.15) is 0 Å². The van der Waals surface area contributed by atoms with Crippen molar-refractivity contribution in [2.45, 2.75) is 0 Å². The first-order valence-electron chi connectivity index (χ1n) is 6.86. The van der Waals surface area contributed by atoms with E-state index in [0.29, 0.717) is 16.9 Å². The van der Waals surface area contributed by atoms with Crippen LogP contribution < -0.4 is 4.74 Å². The molecule has 0 aromatic heterocycles. The predicted octanol–water partition coefficient (Wildman–Crippen LogP) is 5.31. The Morgan fingerprint density at radius 2 is 1.55 bits per heavy atom. The first-order chi connectivity index (χ1) is 10.7. The smallest absolute Gasteiger partial charge is 0.196 e. The van der Waals surface area contributed by atoms with Gasteiger partial charge in [-0.1, -0.05) is 48.5 Å². The molecule has 0 fully saturated rings. The molecule has 0 bridgehead atoms. The summed E-state index contributed by atoms with van der Waals surface area (Å²) in [5, 5.41) is 0. The quantitative estimate of drug-likeness (QED) is 0.438. The molecule has 2 nitrogen and oxygen atoms in total. The number of halogens is 1. The lowest BCUT2D eigenvalue weighted by Gasteiger charge is -2.10. The third kappa shape index (κ3) is 3.36. The van der Waals surface area contributed by atoms with Gasteiger partial charge in [0.05, 0.1) is 5.56 Å². The van der Waals surface area contributed by atoms with Crippen LogP contribution in [0.1, 0.15) is 15.9 Å². The Hall–Kier alpha value is -2.14. The predicted molar refractivity (Wildman–Crippen MR) is 95.5 cm³/mol. The van der Waals surface area contributed by atoms with Crippen molar-refractivity contribution in [2.24, 2.45) is 0 Å². The minimum absolute atomic E-state index is 0.0400.